The topological polar surface area (TPSA) is 64.7 Å². The second-order valence-electron chi connectivity index (χ2n) is 4.82. The molecule has 0 heterocycles. The number of aliphatic hydroxyl groups is 1. The quantitative estimate of drug-likeness (QED) is 0.815. The lowest BCUT2D eigenvalue weighted by molar-refractivity contribution is 0.0689. The van der Waals surface area contributed by atoms with Gasteiger partial charge in [-0.25, -0.2) is 0 Å². The zero-order chi connectivity index (χ0) is 13.7. The lowest BCUT2D eigenvalue weighted by Gasteiger charge is -2.17. The van der Waals surface area contributed by atoms with E-state index in [9.17, 15) is 5.11 Å². The number of rotatable bonds is 6. The van der Waals surface area contributed by atoms with Crippen LogP contribution in [0.1, 0.15) is 32.4 Å². The zero-order valence-electron chi connectivity index (χ0n) is 11.5. The van der Waals surface area contributed by atoms with Crippen molar-refractivity contribution in [1.29, 1.82) is 0 Å². The van der Waals surface area contributed by atoms with Gasteiger partial charge >= 0.3 is 0 Å². The standard InChI is InChI=1S/C14H23NO3/c1-9(2)12(16)8-18-13-6-5-11(10(3)15)7-14(13)17-4/h5-7,9-10,12,16H,8,15H2,1-4H3/t10-,12?/m1/s1. The predicted octanol–water partition coefficient (Wildman–Crippen LogP) is 2.11. The van der Waals surface area contributed by atoms with Gasteiger partial charge in [0, 0.05) is 6.04 Å². The molecule has 0 amide bonds. The minimum absolute atomic E-state index is 0.0470. The first-order valence-corrected chi connectivity index (χ1v) is 6.20. The van der Waals surface area contributed by atoms with Crippen molar-refractivity contribution >= 4 is 0 Å². The van der Waals surface area contributed by atoms with Crippen molar-refractivity contribution in [3.8, 4) is 11.5 Å². The van der Waals surface area contributed by atoms with Crippen molar-refractivity contribution in [3.05, 3.63) is 23.8 Å². The molecule has 1 aromatic carbocycles. The molecule has 0 bridgehead atoms. The Balaban J connectivity index is 2.77. The summed E-state index contributed by atoms with van der Waals surface area (Å²) in [6.45, 7) is 6.07. The maximum atomic E-state index is 9.71. The van der Waals surface area contributed by atoms with Crippen LogP contribution in [0.15, 0.2) is 18.2 Å². The number of ether oxygens (including phenoxy) is 2. The molecule has 0 fully saturated rings. The molecule has 1 rings (SSSR count). The summed E-state index contributed by atoms with van der Waals surface area (Å²) < 4.78 is 10.8. The molecule has 18 heavy (non-hydrogen) atoms. The monoisotopic (exact) mass is 253 g/mol. The van der Waals surface area contributed by atoms with E-state index in [4.69, 9.17) is 15.2 Å². The summed E-state index contributed by atoms with van der Waals surface area (Å²) in [7, 11) is 1.59. The van der Waals surface area contributed by atoms with Gasteiger partial charge in [-0.3, -0.25) is 0 Å². The van der Waals surface area contributed by atoms with Crippen LogP contribution in [0.3, 0.4) is 0 Å². The van der Waals surface area contributed by atoms with E-state index in [0.717, 1.165) is 5.56 Å². The normalized spacial score (nSPS) is 14.4. The smallest absolute Gasteiger partial charge is 0.161 e. The van der Waals surface area contributed by atoms with Gasteiger partial charge in [0.1, 0.15) is 6.61 Å². The summed E-state index contributed by atoms with van der Waals surface area (Å²) in [6, 6.07) is 5.55. The number of methoxy groups -OCH3 is 1. The van der Waals surface area contributed by atoms with Crippen molar-refractivity contribution < 1.29 is 14.6 Å². The van der Waals surface area contributed by atoms with E-state index in [-0.39, 0.29) is 18.6 Å². The first kappa shape index (κ1) is 14.8. The molecule has 2 atom stereocenters. The minimum atomic E-state index is -0.484. The fraction of sp³-hybridized carbons (Fsp3) is 0.571. The average Bonchev–Trinajstić information content (AvgIpc) is 2.35. The first-order chi connectivity index (χ1) is 8.45. The second kappa shape index (κ2) is 6.61. The number of nitrogens with two attached hydrogens (primary N) is 1. The van der Waals surface area contributed by atoms with Gasteiger partial charge in [-0.1, -0.05) is 19.9 Å². The van der Waals surface area contributed by atoms with Crippen molar-refractivity contribution in [3.63, 3.8) is 0 Å². The first-order valence-electron chi connectivity index (χ1n) is 6.20. The maximum absolute atomic E-state index is 9.71. The molecule has 102 valence electrons. The Morgan fingerprint density at radius 2 is 1.89 bits per heavy atom. The van der Waals surface area contributed by atoms with Crippen LogP contribution >= 0.6 is 0 Å². The highest BCUT2D eigenvalue weighted by molar-refractivity contribution is 5.43. The second-order valence-corrected chi connectivity index (χ2v) is 4.82. The van der Waals surface area contributed by atoms with Gasteiger partial charge in [0.15, 0.2) is 11.5 Å². The Morgan fingerprint density at radius 1 is 1.22 bits per heavy atom. The van der Waals surface area contributed by atoms with Gasteiger partial charge in [0.2, 0.25) is 0 Å². The number of aliphatic hydroxyl groups excluding tert-OH is 1. The van der Waals surface area contributed by atoms with E-state index in [2.05, 4.69) is 0 Å². The van der Waals surface area contributed by atoms with E-state index in [1.807, 2.05) is 39.0 Å². The molecule has 0 saturated heterocycles. The van der Waals surface area contributed by atoms with Crippen LogP contribution in [-0.2, 0) is 0 Å². The van der Waals surface area contributed by atoms with Crippen molar-refractivity contribution in [2.75, 3.05) is 13.7 Å². The zero-order valence-corrected chi connectivity index (χ0v) is 11.5. The molecule has 3 N–H and O–H groups in total. The average molecular weight is 253 g/mol. The van der Waals surface area contributed by atoms with Gasteiger partial charge < -0.3 is 20.3 Å². The Morgan fingerprint density at radius 3 is 2.39 bits per heavy atom. The summed E-state index contributed by atoms with van der Waals surface area (Å²) in [5.74, 6) is 1.43. The summed E-state index contributed by atoms with van der Waals surface area (Å²) >= 11 is 0. The summed E-state index contributed by atoms with van der Waals surface area (Å²) in [5, 5.41) is 9.71. The van der Waals surface area contributed by atoms with Crippen LogP contribution in [0.2, 0.25) is 0 Å². The molecular weight excluding hydrogens is 230 g/mol. The summed E-state index contributed by atoms with van der Waals surface area (Å²) in [5.41, 5.74) is 6.80. The largest absolute Gasteiger partial charge is 0.493 e. The molecule has 0 saturated carbocycles. The van der Waals surface area contributed by atoms with Gasteiger partial charge in [0.25, 0.3) is 0 Å². The third kappa shape index (κ3) is 3.89. The van der Waals surface area contributed by atoms with Crippen molar-refractivity contribution in [2.24, 2.45) is 11.7 Å². The Hall–Kier alpha value is -1.26. The predicted molar refractivity (Wildman–Crippen MR) is 71.9 cm³/mol. The van der Waals surface area contributed by atoms with Crippen LogP contribution in [0.4, 0.5) is 0 Å². The molecule has 1 unspecified atom stereocenters. The molecule has 4 heteroatoms. The van der Waals surface area contributed by atoms with Crippen LogP contribution in [0.5, 0.6) is 11.5 Å². The Bertz CT molecular complexity index is 377. The van der Waals surface area contributed by atoms with Gasteiger partial charge in [-0.15, -0.1) is 0 Å². The molecule has 0 aliphatic heterocycles. The molecule has 0 spiro atoms. The summed E-state index contributed by atoms with van der Waals surface area (Å²) in [6.07, 6.45) is -0.484. The third-order valence-electron chi connectivity index (χ3n) is 2.89. The number of hydrogen-bond acceptors (Lipinski definition) is 4. The molecule has 4 nitrogen and oxygen atoms in total. The molecule has 0 radical (unpaired) electrons. The van der Waals surface area contributed by atoms with Gasteiger partial charge in [0.05, 0.1) is 13.2 Å². The number of benzene rings is 1. The van der Waals surface area contributed by atoms with E-state index in [0.29, 0.717) is 11.5 Å². The maximum Gasteiger partial charge on any atom is 0.161 e. The van der Waals surface area contributed by atoms with Crippen LogP contribution in [0, 0.1) is 5.92 Å². The fourth-order valence-electron chi connectivity index (χ4n) is 1.45. The molecule has 0 aliphatic rings. The SMILES string of the molecule is COc1cc([C@@H](C)N)ccc1OCC(O)C(C)C. The van der Waals surface area contributed by atoms with Crippen LogP contribution in [0.25, 0.3) is 0 Å². The highest BCUT2D eigenvalue weighted by atomic mass is 16.5. The van der Waals surface area contributed by atoms with Crippen LogP contribution in [-0.4, -0.2) is 24.9 Å². The fourth-order valence-corrected chi connectivity index (χ4v) is 1.45. The highest BCUT2D eigenvalue weighted by Crippen LogP contribution is 2.30. The molecular formula is C14H23NO3. The number of hydrogen-bond donors (Lipinski definition) is 2. The Kier molecular flexibility index (Phi) is 5.44. The third-order valence-corrected chi connectivity index (χ3v) is 2.89. The van der Waals surface area contributed by atoms with Gasteiger partial charge in [-0.05, 0) is 30.5 Å². The van der Waals surface area contributed by atoms with E-state index in [1.54, 1.807) is 7.11 Å². The van der Waals surface area contributed by atoms with Crippen LogP contribution < -0.4 is 15.2 Å². The molecule has 0 aromatic heterocycles. The van der Waals surface area contributed by atoms with Gasteiger partial charge in [-0.2, -0.15) is 0 Å². The lowest BCUT2D eigenvalue weighted by Crippen LogP contribution is -2.23. The van der Waals surface area contributed by atoms with E-state index >= 15 is 0 Å². The van der Waals surface area contributed by atoms with Crippen molar-refractivity contribution in [1.82, 2.24) is 0 Å². The minimum Gasteiger partial charge on any atom is -0.493 e. The molecule has 0 aliphatic carbocycles. The Labute approximate surface area is 109 Å². The van der Waals surface area contributed by atoms with Crippen molar-refractivity contribution in [2.45, 2.75) is 32.9 Å². The lowest BCUT2D eigenvalue weighted by atomic mass is 10.1. The summed E-state index contributed by atoms with van der Waals surface area (Å²) in [4.78, 5) is 0. The van der Waals surface area contributed by atoms with E-state index in [1.165, 1.54) is 0 Å². The highest BCUT2D eigenvalue weighted by Gasteiger charge is 2.13. The molecule has 1 aromatic rings. The van der Waals surface area contributed by atoms with E-state index < -0.39 is 6.10 Å².